The van der Waals surface area contributed by atoms with Crippen LogP contribution >= 0.6 is 0 Å². The number of nitrogens with one attached hydrogen (secondary N) is 1. The second-order valence-electron chi connectivity index (χ2n) is 7.26. The summed E-state index contributed by atoms with van der Waals surface area (Å²) in [7, 11) is 0. The van der Waals surface area contributed by atoms with Crippen molar-refractivity contribution in [3.8, 4) is 0 Å². The van der Waals surface area contributed by atoms with Crippen LogP contribution in [-0.4, -0.2) is 48.2 Å². The zero-order valence-electron chi connectivity index (χ0n) is 14.1. The van der Waals surface area contributed by atoms with Gasteiger partial charge in [-0.05, 0) is 32.1 Å². The van der Waals surface area contributed by atoms with Crippen LogP contribution in [0.15, 0.2) is 12.4 Å². The summed E-state index contributed by atoms with van der Waals surface area (Å²) in [5.41, 5.74) is 1.17. The summed E-state index contributed by atoms with van der Waals surface area (Å²) in [6, 6.07) is 2.41. The third-order valence-electron chi connectivity index (χ3n) is 5.65. The highest BCUT2D eigenvalue weighted by atomic mass is 16.5. The highest BCUT2D eigenvalue weighted by Crippen LogP contribution is 2.36. The normalized spacial score (nSPS) is 25.5. The number of carbonyl (C=O) groups excluding carboxylic acids is 1. The topological polar surface area (TPSA) is 67.3 Å². The lowest BCUT2D eigenvalue weighted by Gasteiger charge is -2.26. The lowest BCUT2D eigenvalue weighted by Crippen LogP contribution is -2.42. The molecule has 0 bridgehead atoms. The molecule has 1 aromatic heterocycles. The Hall–Kier alpha value is -1.69. The Bertz CT molecular complexity index is 584. The van der Waals surface area contributed by atoms with Crippen molar-refractivity contribution in [3.63, 3.8) is 0 Å². The zero-order valence-corrected chi connectivity index (χ0v) is 14.1. The minimum Gasteiger partial charge on any atom is -0.381 e. The monoisotopic (exact) mass is 330 g/mol. The smallest absolute Gasteiger partial charge is 0.225 e. The first-order chi connectivity index (χ1) is 11.8. The summed E-state index contributed by atoms with van der Waals surface area (Å²) >= 11 is 0. The minimum absolute atomic E-state index is 0.0648. The van der Waals surface area contributed by atoms with Crippen LogP contribution in [0.3, 0.4) is 0 Å². The van der Waals surface area contributed by atoms with E-state index in [0.717, 1.165) is 51.4 Å². The Morgan fingerprint density at radius 1 is 1.17 bits per heavy atom. The molecule has 130 valence electrons. The van der Waals surface area contributed by atoms with Crippen molar-refractivity contribution in [2.45, 2.75) is 50.5 Å². The Balaban J connectivity index is 1.34. The van der Waals surface area contributed by atoms with E-state index in [2.05, 4.69) is 26.3 Å². The van der Waals surface area contributed by atoms with Gasteiger partial charge in [-0.25, -0.2) is 9.97 Å². The van der Waals surface area contributed by atoms with Gasteiger partial charge in [-0.1, -0.05) is 6.42 Å². The van der Waals surface area contributed by atoms with Gasteiger partial charge >= 0.3 is 0 Å². The van der Waals surface area contributed by atoms with Crippen LogP contribution in [0.5, 0.6) is 0 Å². The third-order valence-corrected chi connectivity index (χ3v) is 5.65. The highest BCUT2D eigenvalue weighted by molar-refractivity contribution is 5.80. The molecule has 1 aliphatic carbocycles. The molecule has 1 amide bonds. The summed E-state index contributed by atoms with van der Waals surface area (Å²) in [4.78, 5) is 23.6. The van der Waals surface area contributed by atoms with Crippen molar-refractivity contribution in [3.05, 3.63) is 18.1 Å². The molecule has 1 saturated carbocycles. The maximum absolute atomic E-state index is 12.5. The molecule has 2 saturated heterocycles. The molecule has 3 heterocycles. The number of ether oxygens (including phenoxy) is 1. The number of amides is 1. The fourth-order valence-electron chi connectivity index (χ4n) is 3.81. The molecular formula is C18H26N4O2. The highest BCUT2D eigenvalue weighted by Gasteiger charge is 2.31. The van der Waals surface area contributed by atoms with Gasteiger partial charge in [0.25, 0.3) is 0 Å². The fraction of sp³-hybridized carbons (Fsp3) is 0.722. The molecule has 0 aromatic carbocycles. The van der Waals surface area contributed by atoms with Crippen molar-refractivity contribution in [2.24, 2.45) is 5.92 Å². The number of hydrogen-bond donors (Lipinski definition) is 1. The number of aromatic nitrogens is 2. The van der Waals surface area contributed by atoms with Crippen molar-refractivity contribution in [1.29, 1.82) is 0 Å². The molecule has 2 aliphatic heterocycles. The summed E-state index contributed by atoms with van der Waals surface area (Å²) in [6.07, 6.45) is 8.23. The summed E-state index contributed by atoms with van der Waals surface area (Å²) in [5, 5.41) is 3.20. The average Bonchev–Trinajstić information content (AvgIpc) is 3.05. The Kier molecular flexibility index (Phi) is 4.65. The average molecular weight is 330 g/mol. The number of nitrogens with zero attached hydrogens (tertiary/aromatic N) is 3. The van der Waals surface area contributed by atoms with E-state index in [9.17, 15) is 4.79 Å². The molecule has 4 rings (SSSR count). The van der Waals surface area contributed by atoms with E-state index in [1.54, 1.807) is 6.33 Å². The van der Waals surface area contributed by atoms with E-state index in [0.29, 0.717) is 5.92 Å². The largest absolute Gasteiger partial charge is 0.381 e. The van der Waals surface area contributed by atoms with Crippen LogP contribution in [0, 0.1) is 5.92 Å². The van der Waals surface area contributed by atoms with Crippen molar-refractivity contribution < 1.29 is 9.53 Å². The van der Waals surface area contributed by atoms with E-state index in [1.807, 2.05) is 0 Å². The van der Waals surface area contributed by atoms with E-state index in [1.165, 1.54) is 25.0 Å². The van der Waals surface area contributed by atoms with E-state index in [-0.39, 0.29) is 17.9 Å². The van der Waals surface area contributed by atoms with Crippen molar-refractivity contribution in [2.75, 3.05) is 31.2 Å². The molecular weight excluding hydrogens is 304 g/mol. The van der Waals surface area contributed by atoms with E-state index >= 15 is 0 Å². The van der Waals surface area contributed by atoms with Crippen LogP contribution < -0.4 is 10.2 Å². The standard InChI is InChI=1S/C18H26N4O2/c23-18(21-15-5-8-24-9-6-15)14-4-7-22(11-14)17-10-16(19-12-20-17)13-2-1-3-13/h10,12-15H,1-9,11H2,(H,21,23). The van der Waals surface area contributed by atoms with Gasteiger partial charge in [0.05, 0.1) is 5.92 Å². The van der Waals surface area contributed by atoms with Gasteiger partial charge in [0.1, 0.15) is 12.1 Å². The molecule has 0 radical (unpaired) electrons. The number of rotatable bonds is 4. The van der Waals surface area contributed by atoms with Gasteiger partial charge in [0, 0.05) is 50.0 Å². The molecule has 24 heavy (non-hydrogen) atoms. The second kappa shape index (κ2) is 7.05. The Morgan fingerprint density at radius 3 is 2.75 bits per heavy atom. The molecule has 0 spiro atoms. The molecule has 6 nitrogen and oxygen atoms in total. The maximum atomic E-state index is 12.5. The third kappa shape index (κ3) is 3.38. The Labute approximate surface area is 143 Å². The predicted octanol–water partition coefficient (Wildman–Crippen LogP) is 1.87. The summed E-state index contributed by atoms with van der Waals surface area (Å²) in [6.45, 7) is 3.17. The van der Waals surface area contributed by atoms with E-state index < -0.39 is 0 Å². The van der Waals surface area contributed by atoms with E-state index in [4.69, 9.17) is 4.74 Å². The first kappa shape index (κ1) is 15.8. The SMILES string of the molecule is O=C(NC1CCOCC1)C1CCN(c2cc(C3CCC3)ncn2)C1. The van der Waals surface area contributed by atoms with Crippen LogP contribution in [0.1, 0.15) is 50.1 Å². The van der Waals surface area contributed by atoms with Gasteiger partial charge in [0.15, 0.2) is 0 Å². The quantitative estimate of drug-likeness (QED) is 0.913. The maximum Gasteiger partial charge on any atom is 0.225 e. The molecule has 3 aliphatic rings. The van der Waals surface area contributed by atoms with Gasteiger partial charge < -0.3 is 15.0 Å². The molecule has 1 aromatic rings. The Morgan fingerprint density at radius 2 is 2.00 bits per heavy atom. The van der Waals surface area contributed by atoms with Crippen molar-refractivity contribution >= 4 is 11.7 Å². The number of carbonyl (C=O) groups is 1. The van der Waals surface area contributed by atoms with Crippen LogP contribution in [0.25, 0.3) is 0 Å². The molecule has 1 N–H and O–H groups in total. The molecule has 1 atom stereocenters. The van der Waals surface area contributed by atoms with Crippen LogP contribution in [0.4, 0.5) is 5.82 Å². The minimum atomic E-state index is 0.0648. The second-order valence-corrected chi connectivity index (χ2v) is 7.26. The summed E-state index contributed by atoms with van der Waals surface area (Å²) in [5.74, 6) is 1.85. The predicted molar refractivity (Wildman–Crippen MR) is 90.9 cm³/mol. The number of anilines is 1. The van der Waals surface area contributed by atoms with Gasteiger partial charge in [-0.2, -0.15) is 0 Å². The van der Waals surface area contributed by atoms with Crippen LogP contribution in [-0.2, 0) is 9.53 Å². The lowest BCUT2D eigenvalue weighted by molar-refractivity contribution is -0.125. The zero-order chi connectivity index (χ0) is 16.4. The fourth-order valence-corrected chi connectivity index (χ4v) is 3.81. The molecule has 3 fully saturated rings. The summed E-state index contributed by atoms with van der Waals surface area (Å²) < 4.78 is 5.35. The van der Waals surface area contributed by atoms with Gasteiger partial charge in [-0.15, -0.1) is 0 Å². The molecule has 6 heteroatoms. The first-order valence-electron chi connectivity index (χ1n) is 9.24. The van der Waals surface area contributed by atoms with Crippen molar-refractivity contribution in [1.82, 2.24) is 15.3 Å². The number of hydrogen-bond acceptors (Lipinski definition) is 5. The van der Waals surface area contributed by atoms with Gasteiger partial charge in [0.2, 0.25) is 5.91 Å². The first-order valence-corrected chi connectivity index (χ1v) is 9.24. The van der Waals surface area contributed by atoms with Crippen LogP contribution in [0.2, 0.25) is 0 Å². The molecule has 1 unspecified atom stereocenters. The van der Waals surface area contributed by atoms with Gasteiger partial charge in [-0.3, -0.25) is 4.79 Å². The lowest BCUT2D eigenvalue weighted by atomic mass is 9.83.